The molecular formula is C26H36N2O5. The zero-order valence-corrected chi connectivity index (χ0v) is 19.8. The highest BCUT2D eigenvalue weighted by molar-refractivity contribution is 5.79. The first-order valence-electron chi connectivity index (χ1n) is 11.5. The average molecular weight is 457 g/mol. The molecule has 2 aromatic rings. The van der Waals surface area contributed by atoms with Crippen LogP contribution in [-0.4, -0.2) is 63.9 Å². The fraction of sp³-hybridized carbons (Fsp3) is 0.500. The van der Waals surface area contributed by atoms with Gasteiger partial charge in [0.2, 0.25) is 0 Å². The summed E-state index contributed by atoms with van der Waals surface area (Å²) < 4.78 is 22.2. The van der Waals surface area contributed by atoms with Crippen molar-refractivity contribution >= 4 is 6.09 Å². The van der Waals surface area contributed by atoms with Gasteiger partial charge in [-0.1, -0.05) is 48.5 Å². The van der Waals surface area contributed by atoms with Crippen molar-refractivity contribution < 1.29 is 23.7 Å². The van der Waals surface area contributed by atoms with E-state index in [-0.39, 0.29) is 30.7 Å². The van der Waals surface area contributed by atoms with Crippen LogP contribution >= 0.6 is 0 Å². The minimum Gasteiger partial charge on any atom is -0.449 e. The third-order valence-corrected chi connectivity index (χ3v) is 5.40. The molecule has 7 heteroatoms. The maximum atomic E-state index is 12.4. The molecule has 33 heavy (non-hydrogen) atoms. The summed E-state index contributed by atoms with van der Waals surface area (Å²) in [4.78, 5) is 12.4. The van der Waals surface area contributed by atoms with Gasteiger partial charge >= 0.3 is 6.09 Å². The molecule has 0 radical (unpaired) electrons. The molecule has 1 aliphatic carbocycles. The lowest BCUT2D eigenvalue weighted by Crippen LogP contribution is -2.44. The number of hydrogen-bond acceptors (Lipinski definition) is 6. The molecule has 0 unspecified atom stereocenters. The topological polar surface area (TPSA) is 92.0 Å². The van der Waals surface area contributed by atoms with Crippen LogP contribution in [0.2, 0.25) is 0 Å². The number of hydrogen-bond donors (Lipinski definition) is 2. The van der Waals surface area contributed by atoms with Gasteiger partial charge in [-0.05, 0) is 43.0 Å². The number of carbonyl (C=O) groups excluding carboxylic acids is 1. The van der Waals surface area contributed by atoms with E-state index in [1.807, 2.05) is 45.0 Å². The fourth-order valence-electron chi connectivity index (χ4n) is 3.83. The lowest BCUT2D eigenvalue weighted by atomic mass is 9.98. The van der Waals surface area contributed by atoms with Crippen molar-refractivity contribution in [1.82, 2.24) is 5.32 Å². The molecular weight excluding hydrogens is 420 g/mol. The van der Waals surface area contributed by atoms with Crippen LogP contribution in [0.5, 0.6) is 0 Å². The summed E-state index contributed by atoms with van der Waals surface area (Å²) >= 11 is 0. The molecule has 1 amide bonds. The molecule has 1 aliphatic rings. The molecule has 7 nitrogen and oxygen atoms in total. The van der Waals surface area contributed by atoms with Crippen LogP contribution in [0.4, 0.5) is 4.79 Å². The van der Waals surface area contributed by atoms with Gasteiger partial charge in [-0.2, -0.15) is 0 Å². The van der Waals surface area contributed by atoms with E-state index < -0.39 is 6.09 Å². The van der Waals surface area contributed by atoms with Crippen LogP contribution in [-0.2, 0) is 18.9 Å². The molecule has 0 heterocycles. The number of nitrogens with one attached hydrogen (secondary N) is 1. The Morgan fingerprint density at radius 1 is 0.939 bits per heavy atom. The molecule has 0 saturated heterocycles. The number of carbonyl (C=O) groups is 1. The Balaban J connectivity index is 1.37. The zero-order valence-electron chi connectivity index (χ0n) is 19.8. The number of ether oxygens (including phenoxy) is 4. The van der Waals surface area contributed by atoms with Crippen LogP contribution in [0.3, 0.4) is 0 Å². The van der Waals surface area contributed by atoms with Gasteiger partial charge in [0.1, 0.15) is 6.61 Å². The van der Waals surface area contributed by atoms with Gasteiger partial charge in [-0.3, -0.25) is 0 Å². The van der Waals surface area contributed by atoms with Crippen LogP contribution < -0.4 is 11.1 Å². The van der Waals surface area contributed by atoms with E-state index in [2.05, 4.69) is 29.6 Å². The molecule has 0 saturated carbocycles. The van der Waals surface area contributed by atoms with Crippen molar-refractivity contribution in [3.05, 3.63) is 59.7 Å². The van der Waals surface area contributed by atoms with E-state index in [1.165, 1.54) is 22.3 Å². The second kappa shape index (κ2) is 12.1. The summed E-state index contributed by atoms with van der Waals surface area (Å²) in [5.41, 5.74) is 10.4. The molecule has 0 bridgehead atoms. The molecule has 0 aliphatic heterocycles. The Kier molecular flexibility index (Phi) is 9.26. The number of amides is 1. The van der Waals surface area contributed by atoms with Gasteiger partial charge in [-0.25, -0.2) is 4.79 Å². The largest absolute Gasteiger partial charge is 0.449 e. The van der Waals surface area contributed by atoms with Crippen LogP contribution in [0.25, 0.3) is 11.1 Å². The SMILES string of the molecule is CC(C)(C)OCCOCCOC[C@@H](CN)NC(=O)OCC1c2ccccc2-c2ccccc21. The third kappa shape index (κ3) is 7.54. The number of fused-ring (bicyclic) bond motifs is 3. The summed E-state index contributed by atoms with van der Waals surface area (Å²) in [6.07, 6.45) is -0.494. The first kappa shape index (κ1) is 25.2. The molecule has 2 aromatic carbocycles. The molecule has 3 rings (SSSR count). The molecule has 0 fully saturated rings. The van der Waals surface area contributed by atoms with Crippen molar-refractivity contribution in [2.75, 3.05) is 46.2 Å². The minimum atomic E-state index is -0.494. The normalized spacial score (nSPS) is 13.9. The van der Waals surface area contributed by atoms with E-state index in [0.717, 1.165) is 0 Å². The van der Waals surface area contributed by atoms with E-state index in [4.69, 9.17) is 24.7 Å². The smallest absolute Gasteiger partial charge is 0.407 e. The van der Waals surface area contributed by atoms with Gasteiger partial charge in [0, 0.05) is 12.5 Å². The third-order valence-electron chi connectivity index (χ3n) is 5.40. The fourth-order valence-corrected chi connectivity index (χ4v) is 3.83. The predicted molar refractivity (Wildman–Crippen MR) is 128 cm³/mol. The van der Waals surface area contributed by atoms with Crippen LogP contribution in [0, 0.1) is 0 Å². The van der Waals surface area contributed by atoms with Gasteiger partial charge in [0.25, 0.3) is 0 Å². The minimum absolute atomic E-state index is 0.0233. The second-order valence-electron chi connectivity index (χ2n) is 9.05. The number of alkyl carbamates (subject to hydrolysis) is 1. The summed E-state index contributed by atoms with van der Waals surface area (Å²) in [7, 11) is 0. The van der Waals surface area contributed by atoms with Crippen molar-refractivity contribution in [1.29, 1.82) is 0 Å². The first-order valence-corrected chi connectivity index (χ1v) is 11.5. The van der Waals surface area contributed by atoms with Crippen molar-refractivity contribution in [2.45, 2.75) is 38.3 Å². The Morgan fingerprint density at radius 3 is 2.12 bits per heavy atom. The standard InChI is InChI=1S/C26H36N2O5/c1-26(2,3)33-15-14-30-12-13-31-17-19(16-27)28-25(29)32-18-24-22-10-6-4-8-20(22)21-9-5-7-11-23(21)24/h4-11,19,24H,12-18,27H2,1-3H3,(H,28,29)/t19-/m1/s1. The summed E-state index contributed by atoms with van der Waals surface area (Å²) in [5, 5.41) is 2.79. The van der Waals surface area contributed by atoms with Crippen molar-refractivity contribution in [3.8, 4) is 11.1 Å². The maximum absolute atomic E-state index is 12.4. The molecule has 0 spiro atoms. The zero-order chi connectivity index (χ0) is 23.7. The maximum Gasteiger partial charge on any atom is 0.407 e. The lowest BCUT2D eigenvalue weighted by Gasteiger charge is -2.20. The Labute approximate surface area is 196 Å². The predicted octanol–water partition coefficient (Wildman–Crippen LogP) is 3.70. The van der Waals surface area contributed by atoms with Gasteiger partial charge in [-0.15, -0.1) is 0 Å². The average Bonchev–Trinajstić information content (AvgIpc) is 3.11. The Hall–Kier alpha value is -2.45. The number of rotatable bonds is 12. The Bertz CT molecular complexity index is 851. The van der Waals surface area contributed by atoms with E-state index in [1.54, 1.807) is 0 Å². The van der Waals surface area contributed by atoms with Gasteiger partial charge in [0.15, 0.2) is 0 Å². The lowest BCUT2D eigenvalue weighted by molar-refractivity contribution is -0.0431. The molecule has 180 valence electrons. The highest BCUT2D eigenvalue weighted by atomic mass is 16.6. The summed E-state index contributed by atoms with van der Waals surface area (Å²) in [5.74, 6) is 0.0233. The molecule has 3 N–H and O–H groups in total. The van der Waals surface area contributed by atoms with E-state index >= 15 is 0 Å². The second-order valence-corrected chi connectivity index (χ2v) is 9.05. The highest BCUT2D eigenvalue weighted by Gasteiger charge is 2.29. The van der Waals surface area contributed by atoms with E-state index in [0.29, 0.717) is 33.0 Å². The summed E-state index contributed by atoms with van der Waals surface area (Å²) in [6, 6.07) is 16.2. The van der Waals surface area contributed by atoms with Crippen LogP contribution in [0.1, 0.15) is 37.8 Å². The van der Waals surface area contributed by atoms with Gasteiger partial charge in [0.05, 0.1) is 44.7 Å². The van der Waals surface area contributed by atoms with Gasteiger partial charge < -0.3 is 30.0 Å². The summed E-state index contributed by atoms with van der Waals surface area (Å²) in [6.45, 7) is 8.76. The van der Waals surface area contributed by atoms with Crippen molar-refractivity contribution in [3.63, 3.8) is 0 Å². The first-order chi connectivity index (χ1) is 15.9. The quantitative estimate of drug-likeness (QED) is 0.473. The molecule has 0 aromatic heterocycles. The molecule has 1 atom stereocenters. The number of nitrogens with two attached hydrogens (primary N) is 1. The Morgan fingerprint density at radius 2 is 1.52 bits per heavy atom. The van der Waals surface area contributed by atoms with Crippen molar-refractivity contribution in [2.24, 2.45) is 5.73 Å². The number of benzene rings is 2. The van der Waals surface area contributed by atoms with Crippen LogP contribution in [0.15, 0.2) is 48.5 Å². The monoisotopic (exact) mass is 456 g/mol. The highest BCUT2D eigenvalue weighted by Crippen LogP contribution is 2.44. The van der Waals surface area contributed by atoms with E-state index in [9.17, 15) is 4.79 Å².